The van der Waals surface area contributed by atoms with Crippen molar-refractivity contribution in [3.8, 4) is 5.75 Å². The molecule has 2 N–H and O–H groups in total. The number of imidazole rings is 1. The fourth-order valence-corrected chi connectivity index (χ4v) is 2.35. The maximum Gasteiger partial charge on any atom is 0.263 e. The number of halogens is 1. The molecular weight excluding hydrogens is 318 g/mol. The van der Waals surface area contributed by atoms with Crippen molar-refractivity contribution in [3.63, 3.8) is 0 Å². The molecule has 0 spiro atoms. The van der Waals surface area contributed by atoms with E-state index in [1.165, 1.54) is 4.90 Å². The summed E-state index contributed by atoms with van der Waals surface area (Å²) in [6, 6.07) is 6.89. The minimum Gasteiger partial charge on any atom is -0.481 e. The van der Waals surface area contributed by atoms with Crippen molar-refractivity contribution in [2.24, 2.45) is 0 Å². The number of hydrogen-bond donors (Lipinski definition) is 2. The number of rotatable bonds is 7. The van der Waals surface area contributed by atoms with Gasteiger partial charge in [0, 0.05) is 17.3 Å². The predicted octanol–water partition coefficient (Wildman–Crippen LogP) is 2.16. The minimum absolute atomic E-state index is 0.126. The quantitative estimate of drug-likeness (QED) is 0.811. The van der Waals surface area contributed by atoms with Crippen molar-refractivity contribution in [2.75, 3.05) is 13.2 Å². The van der Waals surface area contributed by atoms with Gasteiger partial charge in [-0.15, -0.1) is 0 Å². The fraction of sp³-hybridized carbons (Fsp3) is 0.375. The first-order valence-electron chi connectivity index (χ1n) is 7.32. The molecule has 1 unspecified atom stereocenters. The number of nitrogens with one attached hydrogen (secondary N) is 1. The average molecular weight is 338 g/mol. The highest BCUT2D eigenvalue weighted by atomic mass is 35.5. The van der Waals surface area contributed by atoms with Crippen LogP contribution in [0, 0.1) is 6.92 Å². The Hall–Kier alpha value is -2.05. The van der Waals surface area contributed by atoms with Gasteiger partial charge >= 0.3 is 0 Å². The molecule has 1 aromatic heterocycles. The summed E-state index contributed by atoms with van der Waals surface area (Å²) in [6.45, 7) is 3.96. The van der Waals surface area contributed by atoms with Crippen LogP contribution in [0.5, 0.6) is 5.75 Å². The molecule has 0 aliphatic rings. The van der Waals surface area contributed by atoms with Gasteiger partial charge in [-0.2, -0.15) is 0 Å². The van der Waals surface area contributed by atoms with Crippen LogP contribution in [-0.2, 0) is 11.3 Å². The molecule has 6 nitrogen and oxygen atoms in total. The SMILES string of the molecule is Cc1[nH]cnc1CN(CCO)C(=O)C(C)Oc1cccc(Cl)c1. The largest absolute Gasteiger partial charge is 0.481 e. The molecule has 124 valence electrons. The van der Waals surface area contributed by atoms with Crippen LogP contribution in [0.3, 0.4) is 0 Å². The number of aliphatic hydroxyl groups is 1. The van der Waals surface area contributed by atoms with Crippen molar-refractivity contribution in [2.45, 2.75) is 26.5 Å². The Balaban J connectivity index is 2.05. The van der Waals surface area contributed by atoms with Crippen LogP contribution < -0.4 is 4.74 Å². The van der Waals surface area contributed by atoms with Gasteiger partial charge in [-0.05, 0) is 32.0 Å². The number of amides is 1. The fourth-order valence-electron chi connectivity index (χ4n) is 2.17. The van der Waals surface area contributed by atoms with Gasteiger partial charge in [0.2, 0.25) is 0 Å². The van der Waals surface area contributed by atoms with E-state index in [-0.39, 0.29) is 19.1 Å². The second-order valence-corrected chi connectivity index (χ2v) is 5.61. The number of H-pyrrole nitrogens is 1. The predicted molar refractivity (Wildman–Crippen MR) is 87.4 cm³/mol. The van der Waals surface area contributed by atoms with Crippen LogP contribution in [0.25, 0.3) is 0 Å². The summed E-state index contributed by atoms with van der Waals surface area (Å²) in [4.78, 5) is 21.3. The summed E-state index contributed by atoms with van der Waals surface area (Å²) in [6.07, 6.45) is 0.886. The molecule has 0 aliphatic heterocycles. The van der Waals surface area contributed by atoms with Crippen molar-refractivity contribution in [1.29, 1.82) is 0 Å². The number of aryl methyl sites for hydroxylation is 1. The Morgan fingerprint density at radius 2 is 2.30 bits per heavy atom. The van der Waals surface area contributed by atoms with Gasteiger partial charge in [0.25, 0.3) is 5.91 Å². The maximum atomic E-state index is 12.6. The number of carbonyl (C=O) groups excluding carboxylic acids is 1. The van der Waals surface area contributed by atoms with Crippen molar-refractivity contribution in [1.82, 2.24) is 14.9 Å². The summed E-state index contributed by atoms with van der Waals surface area (Å²) in [5, 5.41) is 9.75. The van der Waals surface area contributed by atoms with E-state index in [4.69, 9.17) is 16.3 Å². The molecule has 1 aromatic carbocycles. The molecule has 1 amide bonds. The normalized spacial score (nSPS) is 12.0. The second-order valence-electron chi connectivity index (χ2n) is 5.18. The van der Waals surface area contributed by atoms with Crippen LogP contribution in [-0.4, -0.2) is 45.1 Å². The van der Waals surface area contributed by atoms with Crippen molar-refractivity contribution >= 4 is 17.5 Å². The van der Waals surface area contributed by atoms with E-state index in [9.17, 15) is 9.90 Å². The number of aliphatic hydroxyl groups excluding tert-OH is 1. The van der Waals surface area contributed by atoms with E-state index >= 15 is 0 Å². The lowest BCUT2D eigenvalue weighted by Gasteiger charge is -2.25. The molecular formula is C16H20ClN3O3. The van der Waals surface area contributed by atoms with Gasteiger partial charge in [-0.1, -0.05) is 17.7 Å². The van der Waals surface area contributed by atoms with E-state index in [1.807, 2.05) is 6.92 Å². The molecule has 7 heteroatoms. The van der Waals surface area contributed by atoms with Crippen LogP contribution >= 0.6 is 11.6 Å². The molecule has 0 fully saturated rings. The molecule has 0 aliphatic carbocycles. The van der Waals surface area contributed by atoms with Gasteiger partial charge in [0.1, 0.15) is 5.75 Å². The van der Waals surface area contributed by atoms with Gasteiger partial charge in [-0.25, -0.2) is 4.98 Å². The number of nitrogens with zero attached hydrogens (tertiary/aromatic N) is 2. The molecule has 0 bridgehead atoms. The number of hydrogen-bond acceptors (Lipinski definition) is 4. The number of ether oxygens (including phenoxy) is 1. The second kappa shape index (κ2) is 7.99. The number of benzene rings is 1. The highest BCUT2D eigenvalue weighted by Gasteiger charge is 2.23. The average Bonchev–Trinajstić information content (AvgIpc) is 2.91. The summed E-state index contributed by atoms with van der Waals surface area (Å²) >= 11 is 5.91. The Labute approximate surface area is 140 Å². The Bertz CT molecular complexity index is 660. The molecule has 1 atom stereocenters. The van der Waals surface area contributed by atoms with Crippen molar-refractivity contribution in [3.05, 3.63) is 47.0 Å². The highest BCUT2D eigenvalue weighted by Crippen LogP contribution is 2.19. The zero-order chi connectivity index (χ0) is 16.8. The minimum atomic E-state index is -0.695. The molecule has 23 heavy (non-hydrogen) atoms. The number of carbonyl (C=O) groups is 1. The first-order chi connectivity index (χ1) is 11.0. The highest BCUT2D eigenvalue weighted by molar-refractivity contribution is 6.30. The number of aromatic nitrogens is 2. The topological polar surface area (TPSA) is 78.5 Å². The Kier molecular flexibility index (Phi) is 6.01. The zero-order valence-corrected chi connectivity index (χ0v) is 13.9. The summed E-state index contributed by atoms with van der Waals surface area (Å²) in [5.74, 6) is 0.305. The first kappa shape index (κ1) is 17.3. The molecule has 2 aromatic rings. The molecule has 1 heterocycles. The van der Waals surface area contributed by atoms with Gasteiger partial charge in [-0.3, -0.25) is 4.79 Å². The van der Waals surface area contributed by atoms with E-state index in [1.54, 1.807) is 37.5 Å². The zero-order valence-electron chi connectivity index (χ0n) is 13.1. The monoisotopic (exact) mass is 337 g/mol. The Morgan fingerprint density at radius 1 is 1.52 bits per heavy atom. The Morgan fingerprint density at radius 3 is 2.91 bits per heavy atom. The molecule has 0 saturated heterocycles. The van der Waals surface area contributed by atoms with Gasteiger partial charge < -0.3 is 19.7 Å². The summed E-state index contributed by atoms with van der Waals surface area (Å²) in [5.41, 5.74) is 1.66. The van der Waals surface area contributed by atoms with Gasteiger partial charge in [0.15, 0.2) is 6.10 Å². The maximum absolute atomic E-state index is 12.6. The third-order valence-corrected chi connectivity index (χ3v) is 3.65. The van der Waals surface area contributed by atoms with E-state index < -0.39 is 6.10 Å². The summed E-state index contributed by atoms with van der Waals surface area (Å²) < 4.78 is 5.65. The van der Waals surface area contributed by atoms with Crippen LogP contribution in [0.15, 0.2) is 30.6 Å². The number of aromatic amines is 1. The standard InChI is InChI=1S/C16H20ClN3O3/c1-11-15(19-10-18-11)9-20(6-7-21)16(22)12(2)23-14-5-3-4-13(17)8-14/h3-5,8,10,12,21H,6-7,9H2,1-2H3,(H,18,19). The first-order valence-corrected chi connectivity index (χ1v) is 7.69. The van der Waals surface area contributed by atoms with Gasteiger partial charge in [0.05, 0.1) is 25.2 Å². The lowest BCUT2D eigenvalue weighted by molar-refractivity contribution is -0.139. The van der Waals surface area contributed by atoms with Crippen LogP contribution in [0.4, 0.5) is 0 Å². The molecule has 2 rings (SSSR count). The van der Waals surface area contributed by atoms with E-state index in [0.717, 1.165) is 11.4 Å². The smallest absolute Gasteiger partial charge is 0.263 e. The van der Waals surface area contributed by atoms with Crippen LogP contribution in [0.2, 0.25) is 5.02 Å². The third-order valence-electron chi connectivity index (χ3n) is 3.41. The molecule has 0 radical (unpaired) electrons. The molecule has 0 saturated carbocycles. The van der Waals surface area contributed by atoms with Crippen molar-refractivity contribution < 1.29 is 14.6 Å². The lowest BCUT2D eigenvalue weighted by atomic mass is 10.2. The lowest BCUT2D eigenvalue weighted by Crippen LogP contribution is -2.41. The third kappa shape index (κ3) is 4.71. The van der Waals surface area contributed by atoms with Crippen LogP contribution in [0.1, 0.15) is 18.3 Å². The summed E-state index contributed by atoms with van der Waals surface area (Å²) in [7, 11) is 0. The van der Waals surface area contributed by atoms with E-state index in [2.05, 4.69) is 9.97 Å². The van der Waals surface area contributed by atoms with E-state index in [0.29, 0.717) is 17.3 Å².